The summed E-state index contributed by atoms with van der Waals surface area (Å²) in [6.45, 7) is 8.01. The highest BCUT2D eigenvalue weighted by Crippen LogP contribution is 2.27. The highest BCUT2D eigenvalue weighted by atomic mass is 15.4. The number of nitrogens with one attached hydrogen (secondary N) is 1. The first-order chi connectivity index (χ1) is 15.6. The predicted octanol–water partition coefficient (Wildman–Crippen LogP) is 3.84. The van der Waals surface area contributed by atoms with Crippen molar-refractivity contribution in [2.75, 3.05) is 39.3 Å². The minimum absolute atomic E-state index is 0.487. The molecule has 1 saturated carbocycles. The van der Waals surface area contributed by atoms with Gasteiger partial charge in [-0.3, -0.25) is 10.4 Å². The van der Waals surface area contributed by atoms with Gasteiger partial charge in [0.05, 0.1) is 12.6 Å². The maximum Gasteiger partial charge on any atom is 0.193 e. The van der Waals surface area contributed by atoms with Crippen molar-refractivity contribution in [3.8, 4) is 0 Å². The number of aryl methyl sites for hydroxylation is 1. The van der Waals surface area contributed by atoms with Crippen molar-refractivity contribution in [3.05, 3.63) is 35.4 Å². The Balaban J connectivity index is 1.15. The minimum atomic E-state index is 0.487. The lowest BCUT2D eigenvalue weighted by Crippen LogP contribution is -2.43. The molecule has 3 N–H and O–H groups in total. The van der Waals surface area contributed by atoms with Gasteiger partial charge in [-0.05, 0) is 56.9 Å². The van der Waals surface area contributed by atoms with E-state index in [1.54, 1.807) is 0 Å². The van der Waals surface area contributed by atoms with Crippen molar-refractivity contribution in [1.29, 1.82) is 5.41 Å². The third-order valence-electron chi connectivity index (χ3n) is 7.59. The summed E-state index contributed by atoms with van der Waals surface area (Å²) in [6.07, 6.45) is 11.4. The number of aliphatic imine (C=N–C) groups is 1. The van der Waals surface area contributed by atoms with Crippen LogP contribution in [-0.4, -0.2) is 71.9 Å². The van der Waals surface area contributed by atoms with Crippen LogP contribution in [-0.2, 0) is 6.42 Å². The van der Waals surface area contributed by atoms with Crippen LogP contribution in [0.15, 0.2) is 29.3 Å². The van der Waals surface area contributed by atoms with Gasteiger partial charge in [0.2, 0.25) is 0 Å². The summed E-state index contributed by atoms with van der Waals surface area (Å²) in [5.41, 5.74) is 8.92. The van der Waals surface area contributed by atoms with Crippen molar-refractivity contribution in [1.82, 2.24) is 14.7 Å². The molecular weight excluding hydrogens is 396 g/mol. The molecular formula is C26H42N6. The Labute approximate surface area is 194 Å². The molecule has 2 aliphatic heterocycles. The van der Waals surface area contributed by atoms with Crippen LogP contribution in [0.25, 0.3) is 0 Å². The molecule has 2 heterocycles. The normalized spacial score (nSPS) is 22.2. The molecule has 1 aromatic carbocycles. The van der Waals surface area contributed by atoms with Gasteiger partial charge in [0.1, 0.15) is 0 Å². The van der Waals surface area contributed by atoms with E-state index >= 15 is 0 Å². The zero-order valence-electron chi connectivity index (χ0n) is 19.9. The number of unbranched alkanes of at least 4 members (excludes halogenated alkanes) is 1. The number of guanidine groups is 2. The molecule has 6 heteroatoms. The number of hydrogen-bond acceptors (Lipinski definition) is 4. The average Bonchev–Trinajstić information content (AvgIpc) is 3.33. The Morgan fingerprint density at radius 2 is 1.84 bits per heavy atom. The molecule has 1 atom stereocenters. The second-order valence-electron chi connectivity index (χ2n) is 10.0. The Kier molecular flexibility index (Phi) is 7.93. The highest BCUT2D eigenvalue weighted by molar-refractivity contribution is 5.80. The highest BCUT2D eigenvalue weighted by Gasteiger charge is 2.29. The first kappa shape index (κ1) is 22.9. The molecule has 0 amide bonds. The smallest absolute Gasteiger partial charge is 0.193 e. The topological polar surface area (TPSA) is 72.0 Å². The summed E-state index contributed by atoms with van der Waals surface area (Å²) in [6, 6.07) is 9.21. The van der Waals surface area contributed by atoms with E-state index in [4.69, 9.17) is 11.1 Å². The Morgan fingerprint density at radius 3 is 2.62 bits per heavy atom. The first-order valence-electron chi connectivity index (χ1n) is 12.8. The standard InChI is InChI=1S/C26H42N6/c1-21-8-7-11-22(18-21)13-15-31-17-16-30(26(31)28)14-6-5-12-24-19-29-25(27)32(24)20-23-9-3-2-4-10-23/h7-8,11,18,23-24,28H,2-6,9-10,12-17,19-20H2,1H3,(H2,27,29). The van der Waals surface area contributed by atoms with Crippen LogP contribution < -0.4 is 5.73 Å². The number of nitrogens with zero attached hydrogens (tertiary/aromatic N) is 4. The molecule has 3 aliphatic rings. The molecule has 0 spiro atoms. The number of benzene rings is 1. The summed E-state index contributed by atoms with van der Waals surface area (Å²) in [5.74, 6) is 2.28. The molecule has 176 valence electrons. The maximum absolute atomic E-state index is 8.58. The van der Waals surface area contributed by atoms with Gasteiger partial charge in [0.25, 0.3) is 0 Å². The zero-order valence-corrected chi connectivity index (χ0v) is 19.9. The van der Waals surface area contributed by atoms with Crippen LogP contribution >= 0.6 is 0 Å². The van der Waals surface area contributed by atoms with E-state index in [1.807, 2.05) is 0 Å². The van der Waals surface area contributed by atoms with Crippen molar-refractivity contribution in [2.24, 2.45) is 16.6 Å². The monoisotopic (exact) mass is 438 g/mol. The first-order valence-corrected chi connectivity index (χ1v) is 12.8. The summed E-state index contributed by atoms with van der Waals surface area (Å²) < 4.78 is 0. The largest absolute Gasteiger partial charge is 0.370 e. The molecule has 2 fully saturated rings. The van der Waals surface area contributed by atoms with E-state index in [-0.39, 0.29) is 0 Å². The molecule has 0 aromatic heterocycles. The predicted molar refractivity (Wildman–Crippen MR) is 133 cm³/mol. The van der Waals surface area contributed by atoms with Gasteiger partial charge in [-0.2, -0.15) is 0 Å². The van der Waals surface area contributed by atoms with Gasteiger partial charge in [-0.25, -0.2) is 0 Å². The summed E-state index contributed by atoms with van der Waals surface area (Å²) in [7, 11) is 0. The van der Waals surface area contributed by atoms with Gasteiger partial charge in [0.15, 0.2) is 11.9 Å². The lowest BCUT2D eigenvalue weighted by Gasteiger charge is -2.32. The van der Waals surface area contributed by atoms with Gasteiger partial charge >= 0.3 is 0 Å². The van der Waals surface area contributed by atoms with Gasteiger partial charge in [0, 0.05) is 32.7 Å². The fourth-order valence-corrected chi connectivity index (χ4v) is 5.62. The van der Waals surface area contributed by atoms with Crippen LogP contribution in [0.1, 0.15) is 62.5 Å². The SMILES string of the molecule is Cc1cccc(CCN2CCN(CCCCC3CN=C(N)N3CC3CCCCC3)C2=N)c1. The van der Waals surface area contributed by atoms with Crippen LogP contribution in [0.3, 0.4) is 0 Å². The third-order valence-corrected chi connectivity index (χ3v) is 7.59. The second-order valence-corrected chi connectivity index (χ2v) is 10.0. The van der Waals surface area contributed by atoms with E-state index in [9.17, 15) is 0 Å². The zero-order chi connectivity index (χ0) is 22.3. The minimum Gasteiger partial charge on any atom is -0.370 e. The van der Waals surface area contributed by atoms with E-state index < -0.39 is 0 Å². The lowest BCUT2D eigenvalue weighted by molar-refractivity contribution is 0.233. The van der Waals surface area contributed by atoms with Crippen molar-refractivity contribution in [3.63, 3.8) is 0 Å². The second kappa shape index (κ2) is 11.1. The summed E-state index contributed by atoms with van der Waals surface area (Å²) in [5, 5.41) is 8.58. The van der Waals surface area contributed by atoms with E-state index in [2.05, 4.69) is 50.9 Å². The molecule has 0 radical (unpaired) electrons. The molecule has 0 bridgehead atoms. The van der Waals surface area contributed by atoms with Crippen LogP contribution in [0, 0.1) is 18.3 Å². The number of hydrogen-bond donors (Lipinski definition) is 2. The Morgan fingerprint density at radius 1 is 1.06 bits per heavy atom. The Hall–Kier alpha value is -2.24. The number of nitrogens with two attached hydrogens (primary N) is 1. The molecule has 32 heavy (non-hydrogen) atoms. The van der Waals surface area contributed by atoms with Gasteiger partial charge in [-0.1, -0.05) is 49.1 Å². The molecule has 4 rings (SSSR count). The van der Waals surface area contributed by atoms with E-state index in [0.29, 0.717) is 12.0 Å². The van der Waals surface area contributed by atoms with Gasteiger partial charge in [-0.15, -0.1) is 0 Å². The van der Waals surface area contributed by atoms with Crippen molar-refractivity contribution < 1.29 is 0 Å². The van der Waals surface area contributed by atoms with Crippen LogP contribution in [0.2, 0.25) is 0 Å². The van der Waals surface area contributed by atoms with E-state index in [0.717, 1.165) is 70.4 Å². The fraction of sp³-hybridized carbons (Fsp3) is 0.692. The van der Waals surface area contributed by atoms with Crippen molar-refractivity contribution in [2.45, 2.75) is 70.8 Å². The Bertz CT molecular complexity index is 784. The fourth-order valence-electron chi connectivity index (χ4n) is 5.62. The average molecular weight is 439 g/mol. The quantitative estimate of drug-likeness (QED) is 0.545. The molecule has 1 aliphatic carbocycles. The van der Waals surface area contributed by atoms with Crippen LogP contribution in [0.5, 0.6) is 0 Å². The molecule has 1 aromatic rings. The lowest BCUT2D eigenvalue weighted by atomic mass is 9.88. The molecule has 6 nitrogen and oxygen atoms in total. The molecule has 1 saturated heterocycles. The van der Waals surface area contributed by atoms with E-state index in [1.165, 1.54) is 49.7 Å². The summed E-state index contributed by atoms with van der Waals surface area (Å²) in [4.78, 5) is 11.5. The van der Waals surface area contributed by atoms with Gasteiger partial charge < -0.3 is 20.4 Å². The van der Waals surface area contributed by atoms with Crippen molar-refractivity contribution >= 4 is 11.9 Å². The maximum atomic E-state index is 8.58. The van der Waals surface area contributed by atoms with Crippen LogP contribution in [0.4, 0.5) is 0 Å². The number of rotatable bonds is 10. The summed E-state index contributed by atoms with van der Waals surface area (Å²) >= 11 is 0. The molecule has 1 unspecified atom stereocenters. The third kappa shape index (κ3) is 5.96.